The van der Waals surface area contributed by atoms with Crippen LogP contribution < -0.4 is 4.74 Å². The van der Waals surface area contributed by atoms with Gasteiger partial charge < -0.3 is 4.74 Å². The quantitative estimate of drug-likeness (QED) is 0.795. The van der Waals surface area contributed by atoms with E-state index < -0.39 is 0 Å². The Morgan fingerprint density at radius 1 is 1.25 bits per heavy atom. The van der Waals surface area contributed by atoms with Crippen LogP contribution in [-0.4, -0.2) is 10.5 Å². The lowest BCUT2D eigenvalue weighted by Gasteiger charge is -2.08. The Balaban J connectivity index is 2.46. The Hall–Kier alpha value is -1.06. The number of rotatable bonds is 3. The van der Waals surface area contributed by atoms with E-state index in [1.165, 1.54) is 0 Å². The summed E-state index contributed by atoms with van der Waals surface area (Å²) in [6.45, 7) is 0. The lowest BCUT2D eigenvalue weighted by atomic mass is 10.1. The highest BCUT2D eigenvalue weighted by Gasteiger charge is 2.06. The van der Waals surface area contributed by atoms with Gasteiger partial charge in [-0.05, 0) is 45.8 Å². The number of ether oxygens (including phenoxy) is 1. The van der Waals surface area contributed by atoms with Gasteiger partial charge >= 0.3 is 0 Å². The van der Waals surface area contributed by atoms with Crippen LogP contribution in [0.15, 0.2) is 42.6 Å². The summed E-state index contributed by atoms with van der Waals surface area (Å²) < 4.78 is 5.39. The van der Waals surface area contributed by atoms with E-state index in [0.29, 0.717) is 16.4 Å². The molecule has 1 aromatic carbocycles. The van der Waals surface area contributed by atoms with E-state index in [1.54, 1.807) is 6.20 Å². The molecule has 1 aromatic heterocycles. The summed E-state index contributed by atoms with van der Waals surface area (Å²) in [7, 11) is 0. The third kappa shape index (κ3) is 2.54. The van der Waals surface area contributed by atoms with Crippen LogP contribution in [0.1, 0.15) is 0 Å². The van der Waals surface area contributed by atoms with Crippen LogP contribution in [0, 0.1) is 0 Å². The van der Waals surface area contributed by atoms with Crippen molar-refractivity contribution < 1.29 is 4.74 Å². The molecule has 0 atom stereocenters. The van der Waals surface area contributed by atoms with Gasteiger partial charge in [0.2, 0.25) is 5.88 Å². The highest BCUT2D eigenvalue weighted by molar-refractivity contribution is 9.09. The molecule has 4 heteroatoms. The third-order valence-electron chi connectivity index (χ3n) is 2.10. The molecule has 0 aliphatic heterocycles. The van der Waals surface area contributed by atoms with Gasteiger partial charge in [-0.25, -0.2) is 4.98 Å². The van der Waals surface area contributed by atoms with Gasteiger partial charge in [0.15, 0.2) is 0 Å². The van der Waals surface area contributed by atoms with E-state index in [9.17, 15) is 0 Å². The van der Waals surface area contributed by atoms with Gasteiger partial charge in [-0.1, -0.05) is 23.7 Å². The number of hydrogen-bond acceptors (Lipinski definition) is 2. The number of alkyl halides is 1. The molecule has 2 rings (SSSR count). The second-order valence-electron chi connectivity index (χ2n) is 3.12. The number of hydrogen-bond donors (Lipinski definition) is 0. The molecule has 0 aliphatic carbocycles. The maximum atomic E-state index is 5.95. The smallest absolute Gasteiger partial charge is 0.222 e. The van der Waals surface area contributed by atoms with Gasteiger partial charge in [0.25, 0.3) is 0 Å². The SMILES string of the molecule is Clc1cccc(-c2cccnc2OCBr)c1. The highest BCUT2D eigenvalue weighted by Crippen LogP contribution is 2.29. The molecule has 0 saturated carbocycles. The summed E-state index contributed by atoms with van der Waals surface area (Å²) in [6.07, 6.45) is 1.70. The van der Waals surface area contributed by atoms with Crippen LogP contribution in [0.4, 0.5) is 0 Å². The minimum Gasteiger partial charge on any atom is -0.466 e. The van der Waals surface area contributed by atoms with Crippen molar-refractivity contribution >= 4 is 27.5 Å². The van der Waals surface area contributed by atoms with Crippen LogP contribution >= 0.6 is 27.5 Å². The molecule has 0 radical (unpaired) electrons. The fourth-order valence-corrected chi connectivity index (χ4v) is 1.84. The van der Waals surface area contributed by atoms with Crippen molar-refractivity contribution in [2.45, 2.75) is 0 Å². The Bertz CT molecular complexity index is 490. The first kappa shape index (κ1) is 11.4. The molecule has 16 heavy (non-hydrogen) atoms. The molecule has 0 saturated heterocycles. The largest absolute Gasteiger partial charge is 0.466 e. The van der Waals surface area contributed by atoms with Crippen molar-refractivity contribution in [2.75, 3.05) is 5.52 Å². The van der Waals surface area contributed by atoms with Crippen molar-refractivity contribution in [3.8, 4) is 17.0 Å². The normalized spacial score (nSPS) is 10.1. The van der Waals surface area contributed by atoms with E-state index in [4.69, 9.17) is 16.3 Å². The standard InChI is InChI=1S/C12H9BrClNO/c13-8-16-12-11(5-2-6-15-12)9-3-1-4-10(14)7-9/h1-7H,8H2. The molecule has 0 unspecified atom stereocenters. The molecule has 0 amide bonds. The van der Waals surface area contributed by atoms with Crippen LogP contribution in [-0.2, 0) is 0 Å². The predicted molar refractivity (Wildman–Crippen MR) is 69.1 cm³/mol. The maximum absolute atomic E-state index is 5.95. The Labute approximate surface area is 107 Å². The number of aromatic nitrogens is 1. The zero-order valence-electron chi connectivity index (χ0n) is 8.36. The first-order valence-electron chi connectivity index (χ1n) is 4.71. The van der Waals surface area contributed by atoms with E-state index in [1.807, 2.05) is 36.4 Å². The third-order valence-corrected chi connectivity index (χ3v) is 2.56. The van der Waals surface area contributed by atoms with E-state index in [2.05, 4.69) is 20.9 Å². The van der Waals surface area contributed by atoms with Crippen LogP contribution in [0.25, 0.3) is 11.1 Å². The first-order valence-corrected chi connectivity index (χ1v) is 6.21. The first-order chi connectivity index (χ1) is 7.81. The fraction of sp³-hybridized carbons (Fsp3) is 0.0833. The number of nitrogens with zero attached hydrogens (tertiary/aromatic N) is 1. The van der Waals surface area contributed by atoms with Gasteiger partial charge in [0, 0.05) is 16.8 Å². The number of pyridine rings is 1. The molecule has 2 aromatic rings. The van der Waals surface area contributed by atoms with Crippen molar-refractivity contribution in [3.05, 3.63) is 47.6 Å². The van der Waals surface area contributed by atoms with E-state index in [0.717, 1.165) is 11.1 Å². The zero-order chi connectivity index (χ0) is 11.4. The molecule has 0 aliphatic rings. The van der Waals surface area contributed by atoms with Crippen LogP contribution in [0.2, 0.25) is 5.02 Å². The molecule has 0 spiro atoms. The van der Waals surface area contributed by atoms with Gasteiger partial charge in [0.1, 0.15) is 5.52 Å². The van der Waals surface area contributed by atoms with Crippen LogP contribution in [0.3, 0.4) is 0 Å². The molecule has 0 bridgehead atoms. The van der Waals surface area contributed by atoms with Gasteiger partial charge in [-0.15, -0.1) is 0 Å². The van der Waals surface area contributed by atoms with E-state index >= 15 is 0 Å². The van der Waals surface area contributed by atoms with Crippen molar-refractivity contribution in [3.63, 3.8) is 0 Å². The molecular weight excluding hydrogens is 289 g/mol. The molecule has 1 heterocycles. The Morgan fingerprint density at radius 2 is 2.12 bits per heavy atom. The molecule has 0 N–H and O–H groups in total. The summed E-state index contributed by atoms with van der Waals surface area (Å²) in [5, 5.41) is 0.700. The topological polar surface area (TPSA) is 22.1 Å². The second kappa shape index (κ2) is 5.32. The number of halogens is 2. The Morgan fingerprint density at radius 3 is 2.88 bits per heavy atom. The molecule has 0 fully saturated rings. The zero-order valence-corrected chi connectivity index (χ0v) is 10.7. The monoisotopic (exact) mass is 297 g/mol. The summed E-state index contributed by atoms with van der Waals surface area (Å²) in [5.41, 5.74) is 2.35. The predicted octanol–water partition coefficient (Wildman–Crippen LogP) is 4.13. The lowest BCUT2D eigenvalue weighted by Crippen LogP contribution is -1.94. The fourth-order valence-electron chi connectivity index (χ4n) is 1.43. The van der Waals surface area contributed by atoms with Crippen molar-refractivity contribution in [1.29, 1.82) is 0 Å². The van der Waals surface area contributed by atoms with Crippen molar-refractivity contribution in [1.82, 2.24) is 4.98 Å². The maximum Gasteiger partial charge on any atom is 0.222 e. The molecular formula is C12H9BrClNO. The minimum absolute atomic E-state index is 0.414. The van der Waals surface area contributed by atoms with Gasteiger partial charge in [0.05, 0.1) is 0 Å². The molecule has 82 valence electrons. The summed E-state index contributed by atoms with van der Waals surface area (Å²) >= 11 is 9.17. The number of benzene rings is 1. The minimum atomic E-state index is 0.414. The van der Waals surface area contributed by atoms with Crippen molar-refractivity contribution in [2.24, 2.45) is 0 Å². The summed E-state index contributed by atoms with van der Waals surface area (Å²) in [4.78, 5) is 4.18. The molecule has 2 nitrogen and oxygen atoms in total. The van der Waals surface area contributed by atoms with Gasteiger partial charge in [-0.2, -0.15) is 0 Å². The average Bonchev–Trinajstić information content (AvgIpc) is 2.30. The highest BCUT2D eigenvalue weighted by atomic mass is 79.9. The summed E-state index contributed by atoms with van der Waals surface area (Å²) in [5.74, 6) is 0.599. The van der Waals surface area contributed by atoms with Gasteiger partial charge in [-0.3, -0.25) is 0 Å². The average molecular weight is 299 g/mol. The summed E-state index contributed by atoms with van der Waals surface area (Å²) in [6, 6.07) is 11.4. The van der Waals surface area contributed by atoms with E-state index in [-0.39, 0.29) is 0 Å². The Kier molecular flexibility index (Phi) is 3.80. The second-order valence-corrected chi connectivity index (χ2v) is 4.01. The lowest BCUT2D eigenvalue weighted by molar-refractivity contribution is 0.383. The van der Waals surface area contributed by atoms with Crippen LogP contribution in [0.5, 0.6) is 5.88 Å².